The predicted octanol–water partition coefficient (Wildman–Crippen LogP) is 7.37. The molecule has 0 saturated carbocycles. The molecule has 0 heterocycles. The van der Waals surface area contributed by atoms with E-state index in [4.69, 9.17) is 0 Å². The van der Waals surface area contributed by atoms with E-state index in [0.29, 0.717) is 0 Å². The Balaban J connectivity index is 2.16. The molecule has 0 heteroatoms. The molecule has 0 fully saturated rings. The summed E-state index contributed by atoms with van der Waals surface area (Å²) in [5.41, 5.74) is 1.48. The van der Waals surface area contributed by atoms with E-state index in [1.165, 1.54) is 89.0 Å². The highest BCUT2D eigenvalue weighted by molar-refractivity contribution is 5.13. The molecule has 1 rings (SSSR count). The first-order valence-corrected chi connectivity index (χ1v) is 9.81. The van der Waals surface area contributed by atoms with Crippen LogP contribution in [0.15, 0.2) is 24.3 Å². The lowest BCUT2D eigenvalue weighted by molar-refractivity contribution is 0.378. The fourth-order valence-electron chi connectivity index (χ4n) is 3.32. The van der Waals surface area contributed by atoms with Gasteiger partial charge in [0.25, 0.3) is 0 Å². The van der Waals surface area contributed by atoms with Gasteiger partial charge in [0.2, 0.25) is 0 Å². The van der Waals surface area contributed by atoms with Crippen LogP contribution in [0, 0.1) is 12.0 Å². The predicted molar refractivity (Wildman–Crippen MR) is 99.2 cm³/mol. The van der Waals surface area contributed by atoms with Gasteiger partial charge >= 0.3 is 0 Å². The van der Waals surface area contributed by atoms with Gasteiger partial charge in [0.1, 0.15) is 0 Å². The van der Waals surface area contributed by atoms with Crippen molar-refractivity contribution in [3.05, 3.63) is 35.9 Å². The molecule has 0 saturated heterocycles. The van der Waals surface area contributed by atoms with Gasteiger partial charge in [-0.1, -0.05) is 109 Å². The molecule has 1 aromatic carbocycles. The lowest BCUT2D eigenvalue weighted by Crippen LogP contribution is -2.02. The summed E-state index contributed by atoms with van der Waals surface area (Å²) in [6.07, 6.45) is 18.3. The Labute approximate surface area is 139 Å². The normalized spacial score (nSPS) is 12.5. The molecular formula is C22H37. The Kier molecular flexibility index (Phi) is 12.1. The fraction of sp³-hybridized carbons (Fsp3) is 0.727. The second-order valence-electron chi connectivity index (χ2n) is 6.87. The van der Waals surface area contributed by atoms with Crippen molar-refractivity contribution in [1.29, 1.82) is 0 Å². The highest BCUT2D eigenvalue weighted by atomic mass is 14.1. The van der Waals surface area contributed by atoms with E-state index in [1.54, 1.807) is 0 Å². The maximum atomic E-state index is 3.11. The number of unbranched alkanes of at least 4 members (excludes halogenated alkanes) is 6. The van der Waals surface area contributed by atoms with Gasteiger partial charge in [0.05, 0.1) is 0 Å². The number of aryl methyl sites for hydroxylation is 1. The molecule has 1 aromatic rings. The Hall–Kier alpha value is -0.780. The van der Waals surface area contributed by atoms with Crippen LogP contribution in [0.5, 0.6) is 0 Å². The Bertz CT molecular complexity index is 327. The van der Waals surface area contributed by atoms with Crippen molar-refractivity contribution in [1.82, 2.24) is 0 Å². The number of hydrogen-bond donors (Lipinski definition) is 0. The average Bonchev–Trinajstić information content (AvgIpc) is 2.56. The largest absolute Gasteiger partial charge is 0.0654 e. The zero-order chi connectivity index (χ0) is 15.9. The molecule has 125 valence electrons. The van der Waals surface area contributed by atoms with Crippen molar-refractivity contribution in [2.24, 2.45) is 5.92 Å². The second kappa shape index (κ2) is 13.9. The van der Waals surface area contributed by atoms with Crippen LogP contribution in [-0.2, 0) is 6.42 Å². The van der Waals surface area contributed by atoms with Gasteiger partial charge in [-0.25, -0.2) is 0 Å². The molecule has 0 bridgehead atoms. The molecular weight excluding hydrogens is 264 g/mol. The van der Waals surface area contributed by atoms with Crippen molar-refractivity contribution < 1.29 is 0 Å². The average molecular weight is 302 g/mol. The van der Waals surface area contributed by atoms with Crippen LogP contribution in [0.25, 0.3) is 0 Å². The highest BCUT2D eigenvalue weighted by Gasteiger charge is 2.08. The van der Waals surface area contributed by atoms with Crippen LogP contribution in [0.2, 0.25) is 0 Å². The number of benzene rings is 1. The SMILES string of the molecule is CCCCCCCCC(CCCC)CCCc1cc[c]cc1. The minimum Gasteiger partial charge on any atom is -0.0654 e. The third-order valence-electron chi connectivity index (χ3n) is 4.80. The second-order valence-corrected chi connectivity index (χ2v) is 6.87. The first-order valence-electron chi connectivity index (χ1n) is 9.81. The summed E-state index contributed by atoms with van der Waals surface area (Å²) in [4.78, 5) is 0. The smallest absolute Gasteiger partial charge is 0.0184 e. The Morgan fingerprint density at radius 1 is 0.727 bits per heavy atom. The van der Waals surface area contributed by atoms with Crippen LogP contribution >= 0.6 is 0 Å². The molecule has 0 aliphatic heterocycles. The molecule has 0 aromatic heterocycles. The van der Waals surface area contributed by atoms with Crippen molar-refractivity contribution in [3.63, 3.8) is 0 Å². The molecule has 1 radical (unpaired) electrons. The molecule has 1 unspecified atom stereocenters. The highest BCUT2D eigenvalue weighted by Crippen LogP contribution is 2.23. The monoisotopic (exact) mass is 301 g/mol. The van der Waals surface area contributed by atoms with Crippen LogP contribution in [0.4, 0.5) is 0 Å². The van der Waals surface area contributed by atoms with Gasteiger partial charge in [-0.3, -0.25) is 0 Å². The first kappa shape index (κ1) is 19.3. The van der Waals surface area contributed by atoms with E-state index in [9.17, 15) is 0 Å². The molecule has 0 N–H and O–H groups in total. The minimum absolute atomic E-state index is 0.974. The van der Waals surface area contributed by atoms with Gasteiger partial charge in [0, 0.05) is 0 Å². The summed E-state index contributed by atoms with van der Waals surface area (Å²) in [7, 11) is 0. The molecule has 22 heavy (non-hydrogen) atoms. The van der Waals surface area contributed by atoms with E-state index in [-0.39, 0.29) is 0 Å². The van der Waals surface area contributed by atoms with Crippen molar-refractivity contribution in [2.75, 3.05) is 0 Å². The third kappa shape index (κ3) is 10.0. The Morgan fingerprint density at radius 2 is 1.32 bits per heavy atom. The molecule has 1 atom stereocenters. The van der Waals surface area contributed by atoms with Crippen LogP contribution in [-0.4, -0.2) is 0 Å². The van der Waals surface area contributed by atoms with E-state index in [1.807, 2.05) is 12.1 Å². The zero-order valence-electron chi connectivity index (χ0n) is 15.1. The zero-order valence-corrected chi connectivity index (χ0v) is 15.1. The van der Waals surface area contributed by atoms with E-state index >= 15 is 0 Å². The molecule has 0 spiro atoms. The van der Waals surface area contributed by atoms with E-state index < -0.39 is 0 Å². The minimum atomic E-state index is 0.974. The van der Waals surface area contributed by atoms with Gasteiger partial charge < -0.3 is 0 Å². The quantitative estimate of drug-likeness (QED) is 0.315. The third-order valence-corrected chi connectivity index (χ3v) is 4.80. The molecule has 0 amide bonds. The maximum absolute atomic E-state index is 3.11. The van der Waals surface area contributed by atoms with E-state index in [0.717, 1.165) is 5.92 Å². The van der Waals surface area contributed by atoms with Gasteiger partial charge in [-0.15, -0.1) is 0 Å². The summed E-state index contributed by atoms with van der Waals surface area (Å²) in [5.74, 6) is 0.974. The molecule has 0 aliphatic carbocycles. The van der Waals surface area contributed by atoms with Gasteiger partial charge in [-0.05, 0) is 30.4 Å². The van der Waals surface area contributed by atoms with E-state index in [2.05, 4.69) is 32.0 Å². The number of hydrogen-bond acceptors (Lipinski definition) is 0. The lowest BCUT2D eigenvalue weighted by Gasteiger charge is -2.16. The standard InChI is InChI=1S/C22H37/c1-3-5-7-8-9-11-16-21(15-6-4-2)19-14-20-22-17-12-10-13-18-22/h12-13,17-18,21H,3-9,11,14-16,19-20H2,1-2H3. The summed E-state index contributed by atoms with van der Waals surface area (Å²) in [5, 5.41) is 0. The fourth-order valence-corrected chi connectivity index (χ4v) is 3.32. The molecule has 0 aliphatic rings. The first-order chi connectivity index (χ1) is 10.9. The Morgan fingerprint density at radius 3 is 2.05 bits per heavy atom. The van der Waals surface area contributed by atoms with Gasteiger partial charge in [-0.2, -0.15) is 0 Å². The van der Waals surface area contributed by atoms with Crippen LogP contribution in [0.1, 0.15) is 96.5 Å². The van der Waals surface area contributed by atoms with Crippen molar-refractivity contribution >= 4 is 0 Å². The topological polar surface area (TPSA) is 0 Å². The lowest BCUT2D eigenvalue weighted by atomic mass is 9.90. The van der Waals surface area contributed by atoms with Crippen molar-refractivity contribution in [2.45, 2.75) is 97.3 Å². The van der Waals surface area contributed by atoms with Crippen LogP contribution < -0.4 is 0 Å². The maximum Gasteiger partial charge on any atom is -0.0184 e. The number of rotatable bonds is 14. The molecule has 0 nitrogen and oxygen atoms in total. The summed E-state index contributed by atoms with van der Waals surface area (Å²) >= 11 is 0. The summed E-state index contributed by atoms with van der Waals surface area (Å²) in [6, 6.07) is 11.6. The van der Waals surface area contributed by atoms with Crippen molar-refractivity contribution in [3.8, 4) is 0 Å². The van der Waals surface area contributed by atoms with Gasteiger partial charge in [0.15, 0.2) is 0 Å². The summed E-state index contributed by atoms with van der Waals surface area (Å²) in [6.45, 7) is 4.62. The summed E-state index contributed by atoms with van der Waals surface area (Å²) < 4.78 is 0. The van der Waals surface area contributed by atoms with Crippen LogP contribution in [0.3, 0.4) is 0 Å².